The normalized spacial score (nSPS) is 13.8. The molecule has 1 aliphatic rings. The molecule has 0 nitrogen and oxygen atoms in total. The number of hydrogen-bond acceptors (Lipinski definition) is 0. The van der Waals surface area contributed by atoms with Gasteiger partial charge >= 0.3 is 0 Å². The predicted molar refractivity (Wildman–Crippen MR) is 189 cm³/mol. The van der Waals surface area contributed by atoms with Crippen LogP contribution < -0.4 is 0 Å². The van der Waals surface area contributed by atoms with Gasteiger partial charge in [0.05, 0.1) is 0 Å². The lowest BCUT2D eigenvalue weighted by Gasteiger charge is -2.19. The summed E-state index contributed by atoms with van der Waals surface area (Å²) < 4.78 is 0. The molecule has 1 atom stereocenters. The first kappa shape index (κ1) is 42.6. The summed E-state index contributed by atoms with van der Waals surface area (Å²) in [6.45, 7) is 31.4. The molecule has 0 spiro atoms. The van der Waals surface area contributed by atoms with Crippen molar-refractivity contribution in [1.82, 2.24) is 0 Å². The number of benzene rings is 1. The fourth-order valence-electron chi connectivity index (χ4n) is 4.36. The summed E-state index contributed by atoms with van der Waals surface area (Å²) >= 11 is 0. The maximum atomic E-state index is 3.88. The second kappa shape index (κ2) is 30.1. The minimum absolute atomic E-state index is 0.500. The van der Waals surface area contributed by atoms with E-state index in [1.165, 1.54) is 69.8 Å². The van der Waals surface area contributed by atoms with Crippen molar-refractivity contribution in [2.75, 3.05) is 0 Å². The van der Waals surface area contributed by atoms with Gasteiger partial charge in [-0.3, -0.25) is 0 Å². The molecule has 0 N–H and O–H groups in total. The first-order chi connectivity index (χ1) is 19.0. The average molecular weight is 553 g/mol. The Hall–Kier alpha value is -1.82. The zero-order valence-electron chi connectivity index (χ0n) is 29.3. The molecule has 0 aromatic heterocycles. The van der Waals surface area contributed by atoms with Crippen LogP contribution >= 0.6 is 0 Å². The third-order valence-electron chi connectivity index (χ3n) is 6.29. The van der Waals surface area contributed by atoms with Crippen molar-refractivity contribution in [2.24, 2.45) is 17.3 Å². The van der Waals surface area contributed by atoms with Crippen molar-refractivity contribution in [3.05, 3.63) is 84.5 Å². The highest BCUT2D eigenvalue weighted by Gasteiger charge is 2.11. The number of rotatable bonds is 12. The molecule has 0 radical (unpaired) electrons. The lowest BCUT2D eigenvalue weighted by atomic mass is 9.87. The molecule has 232 valence electrons. The first-order valence-corrected chi connectivity index (χ1v) is 16.6. The van der Waals surface area contributed by atoms with Gasteiger partial charge in [0.15, 0.2) is 0 Å². The summed E-state index contributed by atoms with van der Waals surface area (Å²) in [5.41, 5.74) is 5.05. The Morgan fingerprint density at radius 3 is 1.57 bits per heavy atom. The van der Waals surface area contributed by atoms with E-state index in [4.69, 9.17) is 0 Å². The van der Waals surface area contributed by atoms with Crippen LogP contribution in [0.1, 0.15) is 152 Å². The topological polar surface area (TPSA) is 0 Å². The highest BCUT2D eigenvalue weighted by Crippen LogP contribution is 2.29. The highest BCUT2D eigenvalue weighted by molar-refractivity contribution is 5.35. The SMILES string of the molecule is C=CC.C=CC1C=C(CCCC)C(CC)=CC1.CC(C)(C)C.CCCC(CCC)CCC.CCc1ccccc1. The summed E-state index contributed by atoms with van der Waals surface area (Å²) in [5.74, 6) is 1.61. The Labute approximate surface area is 254 Å². The van der Waals surface area contributed by atoms with Crippen molar-refractivity contribution < 1.29 is 0 Å². The van der Waals surface area contributed by atoms with Gasteiger partial charge in [0.25, 0.3) is 0 Å². The third kappa shape index (κ3) is 30.7. The molecular formula is C40H72. The zero-order chi connectivity index (χ0) is 31.2. The van der Waals surface area contributed by atoms with Crippen LogP contribution in [0.25, 0.3) is 0 Å². The third-order valence-corrected chi connectivity index (χ3v) is 6.29. The van der Waals surface area contributed by atoms with E-state index in [1.807, 2.05) is 13.0 Å². The number of hydrogen-bond donors (Lipinski definition) is 0. The van der Waals surface area contributed by atoms with Gasteiger partial charge < -0.3 is 0 Å². The fraction of sp³-hybridized carbons (Fsp3) is 0.650. The summed E-state index contributed by atoms with van der Waals surface area (Å²) in [7, 11) is 0. The minimum atomic E-state index is 0.500. The monoisotopic (exact) mass is 553 g/mol. The first-order valence-electron chi connectivity index (χ1n) is 16.6. The quantitative estimate of drug-likeness (QED) is 0.226. The lowest BCUT2D eigenvalue weighted by Crippen LogP contribution is -2.02. The largest absolute Gasteiger partial charge is 0.103 e. The smallest absolute Gasteiger partial charge is 0.00155 e. The molecule has 0 bridgehead atoms. The molecular weight excluding hydrogens is 480 g/mol. The molecule has 0 saturated carbocycles. The maximum absolute atomic E-state index is 3.88. The van der Waals surface area contributed by atoms with Crippen molar-refractivity contribution in [2.45, 2.75) is 153 Å². The van der Waals surface area contributed by atoms with Gasteiger partial charge in [-0.2, -0.15) is 0 Å². The Morgan fingerprint density at radius 1 is 0.775 bits per heavy atom. The fourth-order valence-corrected chi connectivity index (χ4v) is 4.36. The lowest BCUT2D eigenvalue weighted by molar-refractivity contribution is 0.407. The number of unbranched alkanes of at least 4 members (excludes halogenated alkanes) is 1. The molecule has 1 aliphatic carbocycles. The molecule has 0 heterocycles. The average Bonchev–Trinajstić information content (AvgIpc) is 2.93. The van der Waals surface area contributed by atoms with Crippen molar-refractivity contribution >= 4 is 0 Å². The number of aryl methyl sites for hydroxylation is 1. The second-order valence-electron chi connectivity index (χ2n) is 12.5. The molecule has 2 rings (SSSR count). The maximum Gasteiger partial charge on any atom is -0.00155 e. The van der Waals surface area contributed by atoms with Gasteiger partial charge in [0.1, 0.15) is 0 Å². The van der Waals surface area contributed by atoms with Gasteiger partial charge in [0.2, 0.25) is 0 Å². The number of allylic oxidation sites excluding steroid dienone is 6. The van der Waals surface area contributed by atoms with Crippen molar-refractivity contribution in [3.8, 4) is 0 Å². The molecule has 1 aromatic rings. The van der Waals surface area contributed by atoms with Crippen molar-refractivity contribution in [1.29, 1.82) is 0 Å². The van der Waals surface area contributed by atoms with Crippen LogP contribution in [0.2, 0.25) is 0 Å². The summed E-state index contributed by atoms with van der Waals surface area (Å²) in [6.07, 6.45) is 24.4. The van der Waals surface area contributed by atoms with Crippen LogP contribution in [0, 0.1) is 17.3 Å². The molecule has 1 unspecified atom stereocenters. The van der Waals surface area contributed by atoms with Gasteiger partial charge in [-0.05, 0) is 73.0 Å². The van der Waals surface area contributed by atoms with E-state index in [0.717, 1.165) is 18.8 Å². The summed E-state index contributed by atoms with van der Waals surface area (Å²) in [4.78, 5) is 0. The molecule has 0 saturated heterocycles. The van der Waals surface area contributed by atoms with Gasteiger partial charge in [0, 0.05) is 0 Å². The Bertz CT molecular complexity index is 705. The second-order valence-corrected chi connectivity index (χ2v) is 12.5. The molecule has 1 aromatic carbocycles. The van der Waals surface area contributed by atoms with E-state index in [1.54, 1.807) is 17.2 Å². The van der Waals surface area contributed by atoms with Crippen LogP contribution in [0.4, 0.5) is 0 Å². The standard InChI is InChI=1S/C14H22.C10H22.C8H10.C5H12.C3H6/c1-4-7-8-14-11-12(5-2)9-10-13(14)6-3;1-4-7-10(8-5-2)9-6-3;1-2-8-6-4-3-5-7-8;1-5(2,3)4;1-3-2/h5,10-12H,2,4,6-9H2,1,3H3;10H,4-9H2,1-3H3;3-7H,2H2,1H3;1-4H3;3H,1H2,2H3. The highest BCUT2D eigenvalue weighted by atomic mass is 14.2. The molecule has 40 heavy (non-hydrogen) atoms. The Balaban J connectivity index is -0.000000465. The molecule has 0 heteroatoms. The van der Waals surface area contributed by atoms with E-state index in [2.05, 4.69) is 125 Å². The van der Waals surface area contributed by atoms with E-state index >= 15 is 0 Å². The van der Waals surface area contributed by atoms with Crippen LogP contribution in [-0.2, 0) is 6.42 Å². The molecule has 0 fully saturated rings. The van der Waals surface area contributed by atoms with Gasteiger partial charge in [-0.15, -0.1) is 13.2 Å². The van der Waals surface area contributed by atoms with E-state index in [0.29, 0.717) is 11.3 Å². The summed E-state index contributed by atoms with van der Waals surface area (Å²) in [5, 5.41) is 0. The van der Waals surface area contributed by atoms with E-state index in [-0.39, 0.29) is 0 Å². The minimum Gasteiger partial charge on any atom is -0.103 e. The van der Waals surface area contributed by atoms with Crippen LogP contribution in [0.3, 0.4) is 0 Å². The van der Waals surface area contributed by atoms with Gasteiger partial charge in [-0.1, -0.05) is 169 Å². The Kier molecular flexibility index (Phi) is 32.1. The van der Waals surface area contributed by atoms with Crippen LogP contribution in [0.15, 0.2) is 78.9 Å². The summed E-state index contributed by atoms with van der Waals surface area (Å²) in [6, 6.07) is 10.5. The van der Waals surface area contributed by atoms with Crippen LogP contribution in [0.5, 0.6) is 0 Å². The molecule has 0 amide bonds. The van der Waals surface area contributed by atoms with Gasteiger partial charge in [-0.25, -0.2) is 0 Å². The van der Waals surface area contributed by atoms with Crippen molar-refractivity contribution in [3.63, 3.8) is 0 Å². The Morgan fingerprint density at radius 2 is 1.25 bits per heavy atom. The van der Waals surface area contributed by atoms with Crippen LogP contribution in [-0.4, -0.2) is 0 Å². The van der Waals surface area contributed by atoms with E-state index in [9.17, 15) is 0 Å². The molecule has 0 aliphatic heterocycles. The predicted octanol–water partition coefficient (Wildman–Crippen LogP) is 14.1. The zero-order valence-corrected chi connectivity index (χ0v) is 29.3. The van der Waals surface area contributed by atoms with E-state index < -0.39 is 0 Å².